The summed E-state index contributed by atoms with van der Waals surface area (Å²) >= 11 is 0. The number of benzene rings is 1. The molecule has 0 heterocycles. The fourth-order valence-corrected chi connectivity index (χ4v) is 1.62. The Labute approximate surface area is 100 Å². The number of anilines is 5. The van der Waals surface area contributed by atoms with Crippen LogP contribution in [0.15, 0.2) is 0 Å². The summed E-state index contributed by atoms with van der Waals surface area (Å²) in [7, 11) is 0. The molecule has 0 aliphatic carbocycles. The zero-order valence-electron chi connectivity index (χ0n) is 10.1. The average Bonchev–Trinajstić information content (AvgIpc) is 2.23. The molecule has 0 aliphatic rings. The molecule has 94 valence electrons. The van der Waals surface area contributed by atoms with E-state index >= 15 is 0 Å². The molecule has 0 bridgehead atoms. The van der Waals surface area contributed by atoms with Gasteiger partial charge in [0.2, 0.25) is 0 Å². The number of ketones is 1. The first-order chi connectivity index (χ1) is 7.77. The molecule has 6 nitrogen and oxygen atoms in total. The summed E-state index contributed by atoms with van der Waals surface area (Å²) in [4.78, 5) is 12.0. The third kappa shape index (κ3) is 2.20. The van der Waals surface area contributed by atoms with Gasteiger partial charge in [0.05, 0.1) is 34.0 Å². The summed E-state index contributed by atoms with van der Waals surface area (Å²) in [5.74, 6) is 0.0229. The summed E-state index contributed by atoms with van der Waals surface area (Å²) < 4.78 is 0. The topological polar surface area (TPSA) is 147 Å². The van der Waals surface area contributed by atoms with Crippen molar-refractivity contribution in [3.05, 3.63) is 5.56 Å². The summed E-state index contributed by atoms with van der Waals surface area (Å²) in [5.41, 5.74) is 29.3. The van der Waals surface area contributed by atoms with E-state index in [9.17, 15) is 4.79 Å². The van der Waals surface area contributed by atoms with Crippen LogP contribution >= 0.6 is 0 Å². The Hall–Kier alpha value is -2.11. The molecule has 0 aliphatic heterocycles. The first-order valence-electron chi connectivity index (χ1n) is 5.31. The van der Waals surface area contributed by atoms with E-state index in [-0.39, 0.29) is 45.7 Å². The number of rotatable bonds is 3. The molecule has 0 amide bonds. The van der Waals surface area contributed by atoms with Crippen LogP contribution < -0.4 is 28.7 Å². The zero-order chi connectivity index (χ0) is 13.3. The van der Waals surface area contributed by atoms with Crippen LogP contribution in [0.2, 0.25) is 0 Å². The minimum absolute atomic E-state index is 0.111. The molecule has 17 heavy (non-hydrogen) atoms. The van der Waals surface area contributed by atoms with Gasteiger partial charge >= 0.3 is 0 Å². The van der Waals surface area contributed by atoms with Gasteiger partial charge in [0, 0.05) is 6.42 Å². The molecule has 0 fully saturated rings. The van der Waals surface area contributed by atoms with Gasteiger partial charge in [0.1, 0.15) is 0 Å². The first-order valence-corrected chi connectivity index (χ1v) is 5.31. The Balaban J connectivity index is 3.39. The van der Waals surface area contributed by atoms with Crippen molar-refractivity contribution in [1.29, 1.82) is 0 Å². The molecular formula is C11H19N5O. The van der Waals surface area contributed by atoms with Crippen molar-refractivity contribution >= 4 is 34.2 Å². The second kappa shape index (κ2) is 4.40. The minimum atomic E-state index is -0.173. The van der Waals surface area contributed by atoms with E-state index in [1.807, 2.05) is 13.8 Å². The Morgan fingerprint density at radius 2 is 1.24 bits per heavy atom. The lowest BCUT2D eigenvalue weighted by Gasteiger charge is -2.16. The minimum Gasteiger partial charge on any atom is -0.396 e. The molecule has 1 aromatic rings. The second-order valence-electron chi connectivity index (χ2n) is 4.46. The van der Waals surface area contributed by atoms with Gasteiger partial charge < -0.3 is 28.7 Å². The van der Waals surface area contributed by atoms with Crippen molar-refractivity contribution in [2.75, 3.05) is 28.7 Å². The van der Waals surface area contributed by atoms with Gasteiger partial charge in [-0.15, -0.1) is 0 Å². The SMILES string of the molecule is CC(C)CC(=O)c1c(N)c(N)c(N)c(N)c1N. The molecule has 1 aromatic carbocycles. The molecule has 0 atom stereocenters. The highest BCUT2D eigenvalue weighted by atomic mass is 16.1. The quantitative estimate of drug-likeness (QED) is 0.388. The van der Waals surface area contributed by atoms with Crippen LogP contribution in [0.5, 0.6) is 0 Å². The number of carbonyl (C=O) groups excluding carboxylic acids is 1. The molecule has 6 heteroatoms. The Morgan fingerprint density at radius 1 is 0.882 bits per heavy atom. The Bertz CT molecular complexity index is 438. The second-order valence-corrected chi connectivity index (χ2v) is 4.46. The normalized spacial score (nSPS) is 10.8. The number of carbonyl (C=O) groups is 1. The molecule has 0 saturated heterocycles. The number of hydrogen-bond donors (Lipinski definition) is 5. The highest BCUT2D eigenvalue weighted by Gasteiger charge is 2.21. The molecule has 10 N–H and O–H groups in total. The summed E-state index contributed by atoms with van der Waals surface area (Å²) in [6.45, 7) is 3.85. The lowest BCUT2D eigenvalue weighted by Crippen LogP contribution is -2.15. The molecule has 1 rings (SSSR count). The van der Waals surface area contributed by atoms with Gasteiger partial charge in [-0.25, -0.2) is 0 Å². The van der Waals surface area contributed by atoms with E-state index < -0.39 is 0 Å². The molecule has 0 aromatic heterocycles. The number of Topliss-reactive ketones (excluding diaryl/α,β-unsaturated/α-hetero) is 1. The predicted octanol–water partition coefficient (Wildman–Crippen LogP) is 0.826. The van der Waals surface area contributed by atoms with Gasteiger partial charge in [0.25, 0.3) is 0 Å². The van der Waals surface area contributed by atoms with Crippen LogP contribution in [0.4, 0.5) is 28.4 Å². The van der Waals surface area contributed by atoms with E-state index in [1.54, 1.807) is 0 Å². The van der Waals surface area contributed by atoms with Crippen molar-refractivity contribution in [2.45, 2.75) is 20.3 Å². The highest BCUT2D eigenvalue weighted by Crippen LogP contribution is 2.39. The predicted molar refractivity (Wildman–Crippen MR) is 72.3 cm³/mol. The maximum Gasteiger partial charge on any atom is 0.167 e. The largest absolute Gasteiger partial charge is 0.396 e. The van der Waals surface area contributed by atoms with Crippen molar-refractivity contribution in [1.82, 2.24) is 0 Å². The zero-order valence-corrected chi connectivity index (χ0v) is 10.1. The van der Waals surface area contributed by atoms with Crippen molar-refractivity contribution in [3.63, 3.8) is 0 Å². The van der Waals surface area contributed by atoms with E-state index in [0.717, 1.165) is 0 Å². The third-order valence-corrected chi connectivity index (χ3v) is 2.57. The first kappa shape index (κ1) is 13.0. The fourth-order valence-electron chi connectivity index (χ4n) is 1.62. The molecular weight excluding hydrogens is 218 g/mol. The average molecular weight is 237 g/mol. The van der Waals surface area contributed by atoms with E-state index in [0.29, 0.717) is 6.42 Å². The van der Waals surface area contributed by atoms with Crippen LogP contribution in [-0.4, -0.2) is 5.78 Å². The maximum absolute atomic E-state index is 12.0. The van der Waals surface area contributed by atoms with Gasteiger partial charge in [-0.2, -0.15) is 0 Å². The van der Waals surface area contributed by atoms with Crippen LogP contribution in [0.3, 0.4) is 0 Å². The van der Waals surface area contributed by atoms with Crippen LogP contribution in [0, 0.1) is 5.92 Å². The molecule has 0 spiro atoms. The number of nitrogens with two attached hydrogens (primary N) is 5. The Morgan fingerprint density at radius 3 is 1.59 bits per heavy atom. The maximum atomic E-state index is 12.0. The fraction of sp³-hybridized carbons (Fsp3) is 0.364. The summed E-state index contributed by atoms with van der Waals surface area (Å²) in [6, 6.07) is 0. The standard InChI is InChI=1S/C11H19N5O/c1-4(2)3-5(17)6-7(12)9(14)11(16)10(15)8(6)13/h4H,3,12-16H2,1-2H3. The summed E-state index contributed by atoms with van der Waals surface area (Å²) in [6.07, 6.45) is 0.331. The van der Waals surface area contributed by atoms with Crippen molar-refractivity contribution in [3.8, 4) is 0 Å². The van der Waals surface area contributed by atoms with Crippen LogP contribution in [-0.2, 0) is 0 Å². The van der Waals surface area contributed by atoms with Gasteiger partial charge in [0.15, 0.2) is 5.78 Å². The van der Waals surface area contributed by atoms with Crippen LogP contribution in [0.1, 0.15) is 30.6 Å². The third-order valence-electron chi connectivity index (χ3n) is 2.57. The Kier molecular flexibility index (Phi) is 3.36. The van der Waals surface area contributed by atoms with Crippen LogP contribution in [0.25, 0.3) is 0 Å². The van der Waals surface area contributed by atoms with E-state index in [1.165, 1.54) is 0 Å². The summed E-state index contributed by atoms with van der Waals surface area (Å²) in [5, 5.41) is 0. The van der Waals surface area contributed by atoms with E-state index in [4.69, 9.17) is 28.7 Å². The molecule has 0 unspecified atom stereocenters. The van der Waals surface area contributed by atoms with Gasteiger partial charge in [-0.1, -0.05) is 13.8 Å². The van der Waals surface area contributed by atoms with Gasteiger partial charge in [-0.05, 0) is 5.92 Å². The lowest BCUT2D eigenvalue weighted by molar-refractivity contribution is 0.0969. The van der Waals surface area contributed by atoms with Crippen molar-refractivity contribution in [2.24, 2.45) is 5.92 Å². The smallest absolute Gasteiger partial charge is 0.167 e. The number of hydrogen-bond acceptors (Lipinski definition) is 6. The number of nitrogen functional groups attached to an aromatic ring is 5. The monoisotopic (exact) mass is 237 g/mol. The van der Waals surface area contributed by atoms with Gasteiger partial charge in [-0.3, -0.25) is 4.79 Å². The van der Waals surface area contributed by atoms with E-state index in [2.05, 4.69) is 0 Å². The lowest BCUT2D eigenvalue weighted by atomic mass is 9.96. The van der Waals surface area contributed by atoms with Crippen molar-refractivity contribution < 1.29 is 4.79 Å². The highest BCUT2D eigenvalue weighted by molar-refractivity contribution is 6.13. The molecule has 0 radical (unpaired) electrons. The molecule has 0 saturated carbocycles.